The van der Waals surface area contributed by atoms with Crippen molar-refractivity contribution in [2.24, 2.45) is 4.99 Å². The van der Waals surface area contributed by atoms with Crippen LogP contribution in [0.15, 0.2) is 44.3 Å². The van der Waals surface area contributed by atoms with Crippen molar-refractivity contribution in [1.29, 1.82) is 0 Å². The lowest BCUT2D eigenvalue weighted by Gasteiger charge is -2.12. The number of methoxy groups -OCH3 is 1. The fourth-order valence-electron chi connectivity index (χ4n) is 2.26. The minimum atomic E-state index is 0.0624. The van der Waals surface area contributed by atoms with E-state index in [0.29, 0.717) is 17.2 Å². The van der Waals surface area contributed by atoms with Crippen molar-refractivity contribution in [3.05, 3.63) is 50.4 Å². The lowest BCUT2D eigenvalue weighted by Crippen LogP contribution is -1.94. The highest BCUT2D eigenvalue weighted by Crippen LogP contribution is 2.40. The minimum absolute atomic E-state index is 0.0624. The monoisotopic (exact) mass is 439 g/mol. The highest BCUT2D eigenvalue weighted by molar-refractivity contribution is 9.13. The van der Waals surface area contributed by atoms with Gasteiger partial charge in [0.05, 0.1) is 18.4 Å². The van der Waals surface area contributed by atoms with Crippen molar-refractivity contribution < 1.29 is 9.84 Å². The molecule has 2 rings (SSSR count). The Morgan fingerprint density at radius 1 is 1.30 bits per heavy atom. The first-order valence-corrected chi connectivity index (χ1v) is 8.96. The number of phenolic OH excluding ortho intramolecular Hbond substituents is 1. The molecule has 5 heteroatoms. The van der Waals surface area contributed by atoms with Gasteiger partial charge in [-0.05, 0) is 61.9 Å². The average Bonchev–Trinajstić information content (AvgIpc) is 2.57. The summed E-state index contributed by atoms with van der Waals surface area (Å²) in [4.78, 5) is 4.59. The van der Waals surface area contributed by atoms with Crippen LogP contribution < -0.4 is 4.74 Å². The van der Waals surface area contributed by atoms with Crippen LogP contribution in [0.3, 0.4) is 0 Å². The smallest absolute Gasteiger partial charge is 0.167 e. The van der Waals surface area contributed by atoms with E-state index in [1.165, 1.54) is 12.7 Å². The number of ether oxygens (including phenoxy) is 1. The molecule has 1 atom stereocenters. The Morgan fingerprint density at radius 2 is 2.00 bits per heavy atom. The van der Waals surface area contributed by atoms with Crippen LogP contribution in [0, 0.1) is 0 Å². The molecular formula is C18H19Br2NO2. The molecule has 0 fully saturated rings. The quantitative estimate of drug-likeness (QED) is 0.563. The Hall–Kier alpha value is -1.33. The molecule has 0 bridgehead atoms. The molecule has 23 heavy (non-hydrogen) atoms. The molecule has 2 aromatic rings. The molecule has 0 aliphatic carbocycles. The molecule has 0 heterocycles. The third kappa shape index (κ3) is 3.96. The fraction of sp³-hybridized carbons (Fsp3) is 0.278. The first-order chi connectivity index (χ1) is 11.0. The van der Waals surface area contributed by atoms with Gasteiger partial charge in [0.25, 0.3) is 0 Å². The Morgan fingerprint density at radius 3 is 2.65 bits per heavy atom. The van der Waals surface area contributed by atoms with E-state index in [1.54, 1.807) is 12.3 Å². The zero-order valence-electron chi connectivity index (χ0n) is 13.3. The average molecular weight is 441 g/mol. The van der Waals surface area contributed by atoms with Crippen LogP contribution in [-0.2, 0) is 0 Å². The first-order valence-electron chi connectivity index (χ1n) is 7.37. The molecule has 1 N–H and O–H groups in total. The van der Waals surface area contributed by atoms with Crippen LogP contribution in [0.1, 0.15) is 37.3 Å². The van der Waals surface area contributed by atoms with E-state index in [-0.39, 0.29) is 5.75 Å². The van der Waals surface area contributed by atoms with Gasteiger partial charge in [-0.3, -0.25) is 4.99 Å². The molecule has 122 valence electrons. The summed E-state index contributed by atoms with van der Waals surface area (Å²) in [6.07, 6.45) is 2.71. The Balaban J connectivity index is 2.48. The number of aromatic hydroxyl groups is 1. The molecule has 3 nitrogen and oxygen atoms in total. The predicted octanol–water partition coefficient (Wildman–Crippen LogP) is 6.19. The fourth-order valence-corrected chi connectivity index (χ4v) is 3.09. The van der Waals surface area contributed by atoms with Crippen molar-refractivity contribution in [3.63, 3.8) is 0 Å². The second-order valence-electron chi connectivity index (χ2n) is 5.26. The summed E-state index contributed by atoms with van der Waals surface area (Å²) < 4.78 is 6.72. The molecule has 0 aliphatic rings. The van der Waals surface area contributed by atoms with E-state index in [9.17, 15) is 5.11 Å². The van der Waals surface area contributed by atoms with Crippen LogP contribution in [0.5, 0.6) is 11.5 Å². The zero-order chi connectivity index (χ0) is 17.0. The second-order valence-corrected chi connectivity index (χ2v) is 6.91. The van der Waals surface area contributed by atoms with E-state index in [2.05, 4.69) is 56.8 Å². The van der Waals surface area contributed by atoms with Crippen molar-refractivity contribution >= 4 is 43.8 Å². The summed E-state index contributed by atoms with van der Waals surface area (Å²) in [7, 11) is 1.52. The van der Waals surface area contributed by atoms with Gasteiger partial charge in [-0.25, -0.2) is 0 Å². The zero-order valence-corrected chi connectivity index (χ0v) is 16.5. The number of para-hydroxylation sites is 1. The summed E-state index contributed by atoms with van der Waals surface area (Å²) in [5.41, 5.74) is 2.69. The number of halogens is 2. The van der Waals surface area contributed by atoms with Crippen molar-refractivity contribution in [2.75, 3.05) is 7.11 Å². The Labute approximate surface area is 153 Å². The number of phenols is 1. The van der Waals surface area contributed by atoms with Crippen LogP contribution >= 0.6 is 31.9 Å². The number of nitrogens with zero attached hydrogens (tertiary/aromatic N) is 1. The van der Waals surface area contributed by atoms with Crippen molar-refractivity contribution in [2.45, 2.75) is 26.2 Å². The van der Waals surface area contributed by atoms with Crippen LogP contribution in [0.25, 0.3) is 0 Å². The van der Waals surface area contributed by atoms with Gasteiger partial charge in [-0.1, -0.05) is 32.0 Å². The first kappa shape index (κ1) is 18.0. The highest BCUT2D eigenvalue weighted by Gasteiger charge is 2.14. The number of hydrogen-bond acceptors (Lipinski definition) is 3. The highest BCUT2D eigenvalue weighted by atomic mass is 79.9. The van der Waals surface area contributed by atoms with E-state index in [4.69, 9.17) is 4.74 Å². The maximum Gasteiger partial charge on any atom is 0.167 e. The topological polar surface area (TPSA) is 41.8 Å². The van der Waals surface area contributed by atoms with Gasteiger partial charge >= 0.3 is 0 Å². The van der Waals surface area contributed by atoms with Gasteiger partial charge in [0.1, 0.15) is 0 Å². The summed E-state index contributed by atoms with van der Waals surface area (Å²) in [6, 6.07) is 9.78. The summed E-state index contributed by atoms with van der Waals surface area (Å²) in [5.74, 6) is 0.890. The van der Waals surface area contributed by atoms with Gasteiger partial charge in [-0.2, -0.15) is 0 Å². The Bertz CT molecular complexity index is 729. The number of hydrogen-bond donors (Lipinski definition) is 1. The van der Waals surface area contributed by atoms with E-state index in [1.807, 2.05) is 18.2 Å². The van der Waals surface area contributed by atoms with E-state index < -0.39 is 0 Å². The molecule has 0 radical (unpaired) electrons. The largest absolute Gasteiger partial charge is 0.504 e. The summed E-state index contributed by atoms with van der Waals surface area (Å²) in [5, 5.41) is 10.3. The van der Waals surface area contributed by atoms with Gasteiger partial charge < -0.3 is 9.84 Å². The lowest BCUT2D eigenvalue weighted by atomic mass is 9.97. The number of benzene rings is 2. The summed E-state index contributed by atoms with van der Waals surface area (Å²) in [6.45, 7) is 4.34. The van der Waals surface area contributed by atoms with Crippen molar-refractivity contribution in [3.8, 4) is 11.5 Å². The molecule has 0 saturated carbocycles. The molecular weight excluding hydrogens is 422 g/mol. The minimum Gasteiger partial charge on any atom is -0.504 e. The predicted molar refractivity (Wildman–Crippen MR) is 102 cm³/mol. The molecule has 0 unspecified atom stereocenters. The van der Waals surface area contributed by atoms with Gasteiger partial charge in [0.2, 0.25) is 0 Å². The van der Waals surface area contributed by atoms with Gasteiger partial charge in [0, 0.05) is 15.2 Å². The standard InChI is InChI=1S/C18H19Br2NO2/c1-4-11(2)12-7-5-6-8-15(12)21-10-13-17(20)14(19)9-16(23-3)18(13)22/h5-11,22H,4H2,1-3H3/t11-/m0/s1. The maximum atomic E-state index is 10.3. The van der Waals surface area contributed by atoms with E-state index in [0.717, 1.165) is 21.1 Å². The molecule has 2 aromatic carbocycles. The maximum absolute atomic E-state index is 10.3. The molecule has 0 amide bonds. The summed E-state index contributed by atoms with van der Waals surface area (Å²) >= 11 is 6.92. The lowest BCUT2D eigenvalue weighted by molar-refractivity contribution is 0.372. The third-order valence-electron chi connectivity index (χ3n) is 3.83. The molecule has 0 aliphatic heterocycles. The van der Waals surface area contributed by atoms with Crippen LogP contribution in [-0.4, -0.2) is 18.4 Å². The van der Waals surface area contributed by atoms with Gasteiger partial charge in [-0.15, -0.1) is 0 Å². The molecule has 0 saturated heterocycles. The second kappa shape index (κ2) is 7.97. The number of rotatable bonds is 5. The number of aliphatic imine (C=N–C) groups is 1. The normalized spacial score (nSPS) is 12.6. The third-order valence-corrected chi connectivity index (χ3v) is 5.84. The van der Waals surface area contributed by atoms with Crippen molar-refractivity contribution in [1.82, 2.24) is 0 Å². The van der Waals surface area contributed by atoms with Crippen LogP contribution in [0.2, 0.25) is 0 Å². The van der Waals surface area contributed by atoms with E-state index >= 15 is 0 Å². The van der Waals surface area contributed by atoms with Crippen LogP contribution in [0.4, 0.5) is 5.69 Å². The molecule has 0 spiro atoms. The molecule has 0 aromatic heterocycles. The van der Waals surface area contributed by atoms with Gasteiger partial charge in [0.15, 0.2) is 11.5 Å². The Kier molecular flexibility index (Phi) is 6.25. The SMILES string of the molecule is CC[C@H](C)c1ccccc1N=Cc1c(O)c(OC)cc(Br)c1Br.